The third-order valence-corrected chi connectivity index (χ3v) is 7.05. The lowest BCUT2D eigenvalue weighted by Gasteiger charge is -2.26. The summed E-state index contributed by atoms with van der Waals surface area (Å²) in [4.78, 5) is 16.0. The number of benzene rings is 2. The van der Waals surface area contributed by atoms with Crippen molar-refractivity contribution in [1.82, 2.24) is 4.90 Å². The van der Waals surface area contributed by atoms with Crippen LogP contribution < -0.4 is 4.74 Å². The van der Waals surface area contributed by atoms with Gasteiger partial charge < -0.3 is 14.2 Å². The topological polar surface area (TPSA) is 48.0 Å². The van der Waals surface area contributed by atoms with Crippen LogP contribution in [0.2, 0.25) is 5.02 Å². The zero-order chi connectivity index (χ0) is 23.6. The van der Waals surface area contributed by atoms with Gasteiger partial charge in [-0.25, -0.2) is 0 Å². The number of carbonyl (C=O) groups excluding carboxylic acids is 1. The van der Waals surface area contributed by atoms with Gasteiger partial charge in [-0.2, -0.15) is 0 Å². The summed E-state index contributed by atoms with van der Waals surface area (Å²) in [6.07, 6.45) is 7.38. The molecule has 6 heteroatoms. The molecule has 0 amide bonds. The van der Waals surface area contributed by atoms with E-state index < -0.39 is 0 Å². The molecular formula is C28H36ClNO4. The summed E-state index contributed by atoms with van der Waals surface area (Å²) in [7, 11) is 0. The van der Waals surface area contributed by atoms with E-state index in [2.05, 4.69) is 4.90 Å². The lowest BCUT2D eigenvalue weighted by molar-refractivity contribution is -0.162. The molecule has 5 nitrogen and oxygen atoms in total. The normalized spacial score (nSPS) is 20.1. The molecule has 0 aromatic heterocycles. The molecule has 2 atom stereocenters. The maximum atomic E-state index is 13.5. The van der Waals surface area contributed by atoms with Crippen LogP contribution in [0.25, 0.3) is 0 Å². The molecule has 2 aliphatic rings. The second-order valence-corrected chi connectivity index (χ2v) is 9.58. The van der Waals surface area contributed by atoms with Crippen molar-refractivity contribution in [3.8, 4) is 5.75 Å². The molecule has 0 saturated carbocycles. The molecule has 34 heavy (non-hydrogen) atoms. The van der Waals surface area contributed by atoms with Gasteiger partial charge in [0, 0.05) is 23.7 Å². The molecule has 4 rings (SSSR count). The van der Waals surface area contributed by atoms with Crippen molar-refractivity contribution >= 4 is 17.4 Å². The standard InChI is InChI=1S/C28H36ClNO4/c29-26-9-3-2-8-24(26)25(15-20-34-27-10-4-7-19-33-27)28(31)22-11-13-23(14-12-22)32-21-18-30-16-5-1-6-17-30/h2-3,8-9,11-14,25,27H,1,4-7,10,15-21H2. The average molecular weight is 486 g/mol. The number of hydrogen-bond acceptors (Lipinski definition) is 5. The lowest BCUT2D eigenvalue weighted by atomic mass is 9.88. The first-order valence-electron chi connectivity index (χ1n) is 12.7. The van der Waals surface area contributed by atoms with Crippen molar-refractivity contribution in [2.24, 2.45) is 0 Å². The maximum absolute atomic E-state index is 13.5. The SMILES string of the molecule is O=C(c1ccc(OCCN2CCCCC2)cc1)C(CCOC1CCCCO1)c1ccccc1Cl. The zero-order valence-electron chi connectivity index (χ0n) is 19.9. The number of hydrogen-bond donors (Lipinski definition) is 0. The molecule has 2 aromatic rings. The molecule has 2 saturated heterocycles. The van der Waals surface area contributed by atoms with Crippen molar-refractivity contribution in [3.63, 3.8) is 0 Å². The van der Waals surface area contributed by atoms with E-state index in [-0.39, 0.29) is 18.0 Å². The number of nitrogens with zero attached hydrogens (tertiary/aromatic N) is 1. The van der Waals surface area contributed by atoms with Crippen LogP contribution in [0.15, 0.2) is 48.5 Å². The number of piperidine rings is 1. The highest BCUT2D eigenvalue weighted by Gasteiger charge is 2.25. The van der Waals surface area contributed by atoms with Crippen LogP contribution in [0.1, 0.15) is 66.8 Å². The van der Waals surface area contributed by atoms with Crippen LogP contribution in [0.3, 0.4) is 0 Å². The van der Waals surface area contributed by atoms with Gasteiger partial charge in [0.05, 0.1) is 12.5 Å². The number of carbonyl (C=O) groups is 1. The van der Waals surface area contributed by atoms with Crippen LogP contribution in [0.4, 0.5) is 0 Å². The second-order valence-electron chi connectivity index (χ2n) is 9.17. The third-order valence-electron chi connectivity index (χ3n) is 6.71. The van der Waals surface area contributed by atoms with E-state index in [1.165, 1.54) is 19.3 Å². The molecule has 2 aliphatic heterocycles. The number of likely N-dealkylation sites (tertiary alicyclic amines) is 1. The highest BCUT2D eigenvalue weighted by Crippen LogP contribution is 2.31. The first-order chi connectivity index (χ1) is 16.7. The molecule has 184 valence electrons. The summed E-state index contributed by atoms with van der Waals surface area (Å²) in [5.41, 5.74) is 1.49. The highest BCUT2D eigenvalue weighted by molar-refractivity contribution is 6.31. The highest BCUT2D eigenvalue weighted by atomic mass is 35.5. The van der Waals surface area contributed by atoms with Crippen molar-refractivity contribution in [1.29, 1.82) is 0 Å². The maximum Gasteiger partial charge on any atom is 0.170 e. The smallest absolute Gasteiger partial charge is 0.170 e. The average Bonchev–Trinajstić information content (AvgIpc) is 2.89. The summed E-state index contributed by atoms with van der Waals surface area (Å²) in [5.74, 6) is 0.463. The van der Waals surface area contributed by atoms with Gasteiger partial charge in [-0.15, -0.1) is 0 Å². The molecular weight excluding hydrogens is 450 g/mol. The Morgan fingerprint density at radius 2 is 1.79 bits per heavy atom. The third kappa shape index (κ3) is 7.29. The second kappa shape index (κ2) is 13.2. The first kappa shape index (κ1) is 25.2. The number of rotatable bonds is 11. The van der Waals surface area contributed by atoms with Gasteiger partial charge in [0.2, 0.25) is 0 Å². The van der Waals surface area contributed by atoms with Gasteiger partial charge in [-0.05, 0) is 87.5 Å². The van der Waals surface area contributed by atoms with E-state index in [0.717, 1.165) is 56.8 Å². The van der Waals surface area contributed by atoms with Gasteiger partial charge in [-0.1, -0.05) is 36.2 Å². The quantitative estimate of drug-likeness (QED) is 0.359. The Hall–Kier alpha value is -1.92. The minimum absolute atomic E-state index is 0.0427. The van der Waals surface area contributed by atoms with E-state index in [1.54, 1.807) is 0 Å². The van der Waals surface area contributed by atoms with Gasteiger partial charge in [0.1, 0.15) is 12.4 Å². The number of halogens is 1. The van der Waals surface area contributed by atoms with Crippen LogP contribution >= 0.6 is 11.6 Å². The molecule has 0 bridgehead atoms. The van der Waals surface area contributed by atoms with Crippen LogP contribution in [0.5, 0.6) is 5.75 Å². The summed E-state index contributed by atoms with van der Waals surface area (Å²) < 4.78 is 17.5. The van der Waals surface area contributed by atoms with E-state index >= 15 is 0 Å². The van der Waals surface area contributed by atoms with E-state index in [4.69, 9.17) is 25.8 Å². The molecule has 2 heterocycles. The number of ketones is 1. The zero-order valence-corrected chi connectivity index (χ0v) is 20.7. The molecule has 2 aromatic carbocycles. The fourth-order valence-corrected chi connectivity index (χ4v) is 5.01. The lowest BCUT2D eigenvalue weighted by Crippen LogP contribution is -2.33. The van der Waals surface area contributed by atoms with Crippen molar-refractivity contribution in [2.45, 2.75) is 57.2 Å². The summed E-state index contributed by atoms with van der Waals surface area (Å²) in [6.45, 7) is 5.12. The van der Waals surface area contributed by atoms with Crippen molar-refractivity contribution < 1.29 is 19.0 Å². The molecule has 2 fully saturated rings. The monoisotopic (exact) mass is 485 g/mol. The molecule has 0 N–H and O–H groups in total. The Balaban J connectivity index is 1.36. The fourth-order valence-electron chi connectivity index (χ4n) is 4.74. The Labute approximate surface area is 208 Å². The van der Waals surface area contributed by atoms with Gasteiger partial charge >= 0.3 is 0 Å². The number of Topliss-reactive ketones (excluding diaryl/α,β-unsaturated/α-hetero) is 1. The van der Waals surface area contributed by atoms with Crippen molar-refractivity contribution in [3.05, 3.63) is 64.7 Å². The van der Waals surface area contributed by atoms with Crippen LogP contribution in [-0.4, -0.2) is 56.4 Å². The van der Waals surface area contributed by atoms with E-state index in [1.807, 2.05) is 48.5 Å². The van der Waals surface area contributed by atoms with Gasteiger partial charge in [0.25, 0.3) is 0 Å². The first-order valence-corrected chi connectivity index (χ1v) is 13.1. The Bertz CT molecular complexity index is 892. The summed E-state index contributed by atoms with van der Waals surface area (Å²) in [5, 5.41) is 0.604. The molecule has 0 aliphatic carbocycles. The Morgan fingerprint density at radius 1 is 1.00 bits per heavy atom. The molecule has 0 spiro atoms. The van der Waals surface area contributed by atoms with Gasteiger partial charge in [-0.3, -0.25) is 9.69 Å². The fraction of sp³-hybridized carbons (Fsp3) is 0.536. The summed E-state index contributed by atoms with van der Waals surface area (Å²) >= 11 is 6.48. The minimum atomic E-state index is -0.372. The van der Waals surface area contributed by atoms with Crippen LogP contribution in [-0.2, 0) is 9.47 Å². The minimum Gasteiger partial charge on any atom is -0.492 e. The summed E-state index contributed by atoms with van der Waals surface area (Å²) in [6, 6.07) is 15.1. The number of ether oxygens (including phenoxy) is 3. The van der Waals surface area contributed by atoms with E-state index in [9.17, 15) is 4.79 Å². The van der Waals surface area contributed by atoms with Crippen LogP contribution in [0, 0.1) is 0 Å². The Morgan fingerprint density at radius 3 is 2.53 bits per heavy atom. The largest absolute Gasteiger partial charge is 0.492 e. The predicted octanol–water partition coefficient (Wildman–Crippen LogP) is 6.10. The molecule has 2 unspecified atom stereocenters. The Kier molecular flexibility index (Phi) is 9.81. The molecule has 0 radical (unpaired) electrons. The van der Waals surface area contributed by atoms with E-state index in [0.29, 0.717) is 30.2 Å². The predicted molar refractivity (Wildman–Crippen MR) is 135 cm³/mol. The van der Waals surface area contributed by atoms with Crippen molar-refractivity contribution in [2.75, 3.05) is 39.5 Å². The van der Waals surface area contributed by atoms with Gasteiger partial charge in [0.15, 0.2) is 12.1 Å².